The molecule has 27 heavy (non-hydrogen) atoms. The minimum atomic E-state index is -1.00. The van der Waals surface area contributed by atoms with Crippen LogP contribution in [0.2, 0.25) is 0 Å². The van der Waals surface area contributed by atoms with E-state index in [0.29, 0.717) is 24.4 Å². The highest BCUT2D eigenvalue weighted by Gasteiger charge is 2.31. The van der Waals surface area contributed by atoms with Crippen LogP contribution in [-0.2, 0) is 11.3 Å². The van der Waals surface area contributed by atoms with Gasteiger partial charge in [0.25, 0.3) is 0 Å². The SMILES string of the molecule is COc1ccc(F)cc1C(C(=O)O)N1CCCN(Cc2cccnc2)CC1. The van der Waals surface area contributed by atoms with Crippen molar-refractivity contribution in [3.8, 4) is 5.75 Å². The van der Waals surface area contributed by atoms with Crippen molar-refractivity contribution in [1.82, 2.24) is 14.8 Å². The summed E-state index contributed by atoms with van der Waals surface area (Å²) in [4.78, 5) is 20.3. The molecule has 2 heterocycles. The molecule has 3 rings (SSSR count). The van der Waals surface area contributed by atoms with Crippen LogP contribution in [0.25, 0.3) is 0 Å². The number of carbonyl (C=O) groups is 1. The quantitative estimate of drug-likeness (QED) is 0.840. The van der Waals surface area contributed by atoms with Gasteiger partial charge in [-0.1, -0.05) is 6.07 Å². The predicted molar refractivity (Wildman–Crippen MR) is 99.0 cm³/mol. The van der Waals surface area contributed by atoms with Crippen LogP contribution < -0.4 is 4.74 Å². The predicted octanol–water partition coefficient (Wildman–Crippen LogP) is 2.56. The number of aromatic nitrogens is 1. The van der Waals surface area contributed by atoms with E-state index in [1.54, 1.807) is 6.20 Å². The number of carboxylic acids is 1. The summed E-state index contributed by atoms with van der Waals surface area (Å²) in [5.41, 5.74) is 1.48. The minimum absolute atomic E-state index is 0.353. The van der Waals surface area contributed by atoms with Gasteiger partial charge in [-0.25, -0.2) is 4.39 Å². The standard InChI is InChI=1S/C20H24FN3O3/c1-27-18-6-5-16(21)12-17(18)19(20(25)26)24-9-3-8-23(10-11-24)14-15-4-2-7-22-13-15/h2,4-7,12-13,19H,3,8-11,14H2,1H3,(H,25,26). The smallest absolute Gasteiger partial charge is 0.325 e. The zero-order valence-corrected chi connectivity index (χ0v) is 15.3. The third kappa shape index (κ3) is 4.81. The Labute approximate surface area is 158 Å². The van der Waals surface area contributed by atoms with Crippen LogP contribution in [-0.4, -0.2) is 59.1 Å². The summed E-state index contributed by atoms with van der Waals surface area (Å²) in [6, 6.07) is 7.03. The molecule has 1 N–H and O–H groups in total. The second kappa shape index (κ2) is 8.92. The van der Waals surface area contributed by atoms with Gasteiger partial charge in [-0.05, 0) is 42.8 Å². The Balaban J connectivity index is 1.76. The van der Waals surface area contributed by atoms with Gasteiger partial charge in [-0.2, -0.15) is 0 Å². The van der Waals surface area contributed by atoms with E-state index in [1.165, 1.54) is 25.3 Å². The van der Waals surface area contributed by atoms with Gasteiger partial charge in [0.1, 0.15) is 17.6 Å². The number of benzene rings is 1. The van der Waals surface area contributed by atoms with E-state index in [1.807, 2.05) is 23.2 Å². The van der Waals surface area contributed by atoms with Crippen molar-refractivity contribution in [1.29, 1.82) is 0 Å². The summed E-state index contributed by atoms with van der Waals surface area (Å²) in [6.45, 7) is 3.59. The van der Waals surface area contributed by atoms with Gasteiger partial charge >= 0.3 is 5.97 Å². The first-order valence-corrected chi connectivity index (χ1v) is 9.00. The lowest BCUT2D eigenvalue weighted by atomic mass is 10.0. The molecule has 1 unspecified atom stereocenters. The highest BCUT2D eigenvalue weighted by atomic mass is 19.1. The maximum Gasteiger partial charge on any atom is 0.325 e. The van der Waals surface area contributed by atoms with E-state index < -0.39 is 17.8 Å². The molecule has 0 spiro atoms. The van der Waals surface area contributed by atoms with Gasteiger partial charge in [0, 0.05) is 44.1 Å². The maximum atomic E-state index is 13.8. The molecule has 1 aliphatic rings. The van der Waals surface area contributed by atoms with Crippen LogP contribution >= 0.6 is 0 Å². The molecule has 0 aliphatic carbocycles. The molecule has 1 atom stereocenters. The number of nitrogens with zero attached hydrogens (tertiary/aromatic N) is 3. The molecule has 0 amide bonds. The summed E-state index contributed by atoms with van der Waals surface area (Å²) in [7, 11) is 1.47. The van der Waals surface area contributed by atoms with Gasteiger partial charge < -0.3 is 9.84 Å². The Morgan fingerprint density at radius 2 is 2.15 bits per heavy atom. The molecule has 1 fully saturated rings. The zero-order valence-electron chi connectivity index (χ0n) is 15.3. The third-order valence-corrected chi connectivity index (χ3v) is 4.84. The van der Waals surface area contributed by atoms with Crippen molar-refractivity contribution < 1.29 is 19.0 Å². The highest BCUT2D eigenvalue weighted by molar-refractivity contribution is 5.76. The van der Waals surface area contributed by atoms with E-state index in [0.717, 1.165) is 31.6 Å². The Kier molecular flexibility index (Phi) is 6.36. The van der Waals surface area contributed by atoms with E-state index in [2.05, 4.69) is 9.88 Å². The van der Waals surface area contributed by atoms with Crippen molar-refractivity contribution in [3.63, 3.8) is 0 Å². The van der Waals surface area contributed by atoms with Crippen LogP contribution in [0.5, 0.6) is 5.75 Å². The summed E-state index contributed by atoms with van der Waals surface area (Å²) in [5, 5.41) is 9.84. The lowest BCUT2D eigenvalue weighted by Crippen LogP contribution is -2.37. The number of carboxylic acid groups (broad SMARTS) is 1. The molecule has 0 saturated carbocycles. The number of aliphatic carboxylic acids is 1. The van der Waals surface area contributed by atoms with Crippen LogP contribution in [0.4, 0.5) is 4.39 Å². The molecule has 0 bridgehead atoms. The Morgan fingerprint density at radius 1 is 1.30 bits per heavy atom. The number of methoxy groups -OCH3 is 1. The van der Waals surface area contributed by atoms with Gasteiger partial charge in [0.15, 0.2) is 0 Å². The fraction of sp³-hybridized carbons (Fsp3) is 0.400. The van der Waals surface area contributed by atoms with Crippen LogP contribution in [0.1, 0.15) is 23.6 Å². The van der Waals surface area contributed by atoms with Crippen LogP contribution in [0, 0.1) is 5.82 Å². The van der Waals surface area contributed by atoms with Crippen molar-refractivity contribution in [2.24, 2.45) is 0 Å². The number of hydrogen-bond donors (Lipinski definition) is 1. The Hall–Kier alpha value is -2.51. The molecule has 144 valence electrons. The second-order valence-electron chi connectivity index (χ2n) is 6.65. The number of ether oxygens (including phenoxy) is 1. The maximum absolute atomic E-state index is 13.8. The van der Waals surface area contributed by atoms with Gasteiger partial charge in [-0.15, -0.1) is 0 Å². The summed E-state index contributed by atoms with van der Waals surface area (Å²) >= 11 is 0. The fourth-order valence-corrected chi connectivity index (χ4v) is 3.56. The first-order valence-electron chi connectivity index (χ1n) is 9.00. The van der Waals surface area contributed by atoms with E-state index >= 15 is 0 Å². The zero-order chi connectivity index (χ0) is 19.2. The van der Waals surface area contributed by atoms with Gasteiger partial charge in [0.2, 0.25) is 0 Å². The molecular weight excluding hydrogens is 349 g/mol. The molecule has 6 nitrogen and oxygen atoms in total. The van der Waals surface area contributed by atoms with Crippen molar-refractivity contribution in [2.45, 2.75) is 19.0 Å². The van der Waals surface area contributed by atoms with E-state index in [-0.39, 0.29) is 0 Å². The lowest BCUT2D eigenvalue weighted by molar-refractivity contribution is -0.143. The largest absolute Gasteiger partial charge is 0.496 e. The second-order valence-corrected chi connectivity index (χ2v) is 6.65. The number of rotatable bonds is 6. The van der Waals surface area contributed by atoms with Crippen LogP contribution in [0.15, 0.2) is 42.7 Å². The Bertz CT molecular complexity index is 772. The first-order chi connectivity index (χ1) is 13.1. The summed E-state index contributed by atoms with van der Waals surface area (Å²) in [6.07, 6.45) is 4.43. The van der Waals surface area contributed by atoms with Gasteiger partial charge in [-0.3, -0.25) is 19.6 Å². The summed E-state index contributed by atoms with van der Waals surface area (Å²) in [5.74, 6) is -1.08. The normalized spacial score (nSPS) is 17.3. The summed E-state index contributed by atoms with van der Waals surface area (Å²) < 4.78 is 19.1. The third-order valence-electron chi connectivity index (χ3n) is 4.84. The van der Waals surface area contributed by atoms with Crippen molar-refractivity contribution in [3.05, 3.63) is 59.7 Å². The molecule has 2 aromatic rings. The molecule has 0 radical (unpaired) electrons. The average molecular weight is 373 g/mol. The Morgan fingerprint density at radius 3 is 2.85 bits per heavy atom. The molecule has 1 saturated heterocycles. The highest BCUT2D eigenvalue weighted by Crippen LogP contribution is 2.31. The molecule has 7 heteroatoms. The average Bonchev–Trinajstić information content (AvgIpc) is 2.88. The van der Waals surface area contributed by atoms with E-state index in [4.69, 9.17) is 4.74 Å². The van der Waals surface area contributed by atoms with Crippen molar-refractivity contribution >= 4 is 5.97 Å². The number of hydrogen-bond acceptors (Lipinski definition) is 5. The molecule has 1 aliphatic heterocycles. The topological polar surface area (TPSA) is 65.9 Å². The lowest BCUT2D eigenvalue weighted by Gasteiger charge is -2.29. The van der Waals surface area contributed by atoms with E-state index in [9.17, 15) is 14.3 Å². The first kappa shape index (κ1) is 19.3. The molecule has 1 aromatic carbocycles. The fourth-order valence-electron chi connectivity index (χ4n) is 3.56. The molecular formula is C20H24FN3O3. The minimum Gasteiger partial charge on any atom is -0.496 e. The number of pyridine rings is 1. The monoisotopic (exact) mass is 373 g/mol. The number of halogens is 1. The molecule has 1 aromatic heterocycles. The van der Waals surface area contributed by atoms with Crippen molar-refractivity contribution in [2.75, 3.05) is 33.3 Å². The van der Waals surface area contributed by atoms with Crippen LogP contribution in [0.3, 0.4) is 0 Å². The van der Waals surface area contributed by atoms with Gasteiger partial charge in [0.05, 0.1) is 7.11 Å².